The van der Waals surface area contributed by atoms with Crippen molar-refractivity contribution in [3.63, 3.8) is 0 Å². The molecule has 1 aliphatic heterocycles. The molecule has 7 rings (SSSR count). The molecule has 2 aromatic heterocycles. The van der Waals surface area contributed by atoms with Gasteiger partial charge in [-0.3, -0.25) is 4.98 Å². The Labute approximate surface area is 267 Å². The number of aromatic nitrogens is 2. The standard InChI is InChI=1S/C21H24N2.C16H9N2O.Ir/c1-15(2)18-11-8-12-19(16(3)4)20(18)23-14-13-22-21(23)17-9-6-5-7-10-17;1-2-7-15-11(4-1)12-5-3-6-13(16(12)19-15)14-8-9-17-10-18-14;/h5-9,11-16,21H,1-4H3;1-5,7-10H;/q-2;-1;+3. The van der Waals surface area contributed by atoms with Crippen LogP contribution in [0.3, 0.4) is 0 Å². The zero-order valence-corrected chi connectivity index (χ0v) is 27.0. The van der Waals surface area contributed by atoms with Crippen molar-refractivity contribution >= 4 is 27.6 Å². The number of para-hydroxylation sites is 2. The Hall–Kier alpha value is -4.25. The maximum Gasteiger partial charge on any atom is 3.00 e. The Balaban J connectivity index is 0.000000170. The van der Waals surface area contributed by atoms with Gasteiger partial charge in [0.1, 0.15) is 11.9 Å². The molecule has 0 bridgehead atoms. The van der Waals surface area contributed by atoms with Crippen LogP contribution in [0.5, 0.6) is 0 Å². The second kappa shape index (κ2) is 13.4. The molecule has 0 fully saturated rings. The molecule has 6 heteroatoms. The summed E-state index contributed by atoms with van der Waals surface area (Å²) in [6.45, 7) is 9.01. The Morgan fingerprint density at radius 1 is 0.814 bits per heavy atom. The van der Waals surface area contributed by atoms with Crippen LogP contribution < -0.4 is 4.90 Å². The quantitative estimate of drug-likeness (QED) is 0.165. The smallest absolute Gasteiger partial charge is 0.668 e. The first-order chi connectivity index (χ1) is 20.5. The molecule has 3 heterocycles. The van der Waals surface area contributed by atoms with Gasteiger partial charge in [-0.2, -0.15) is 42.1 Å². The number of hydrogen-bond acceptors (Lipinski definition) is 4. The number of hydrogen-bond donors (Lipinski definition) is 0. The summed E-state index contributed by atoms with van der Waals surface area (Å²) in [7, 11) is 0. The fourth-order valence-electron chi connectivity index (χ4n) is 5.47. The summed E-state index contributed by atoms with van der Waals surface area (Å²) in [6, 6.07) is 35.1. The predicted molar refractivity (Wildman–Crippen MR) is 171 cm³/mol. The monoisotopic (exact) mass is 742 g/mol. The van der Waals surface area contributed by atoms with Crippen LogP contribution in [0.1, 0.15) is 62.4 Å². The van der Waals surface area contributed by atoms with Crippen molar-refractivity contribution in [3.8, 4) is 11.3 Å². The molecule has 0 spiro atoms. The van der Waals surface area contributed by atoms with E-state index in [1.807, 2.05) is 54.7 Å². The number of rotatable bonds is 5. The van der Waals surface area contributed by atoms with Gasteiger partial charge in [0.2, 0.25) is 0 Å². The van der Waals surface area contributed by atoms with Crippen molar-refractivity contribution in [2.75, 3.05) is 4.90 Å². The van der Waals surface area contributed by atoms with E-state index in [0.717, 1.165) is 38.8 Å². The Morgan fingerprint density at radius 2 is 1.58 bits per heavy atom. The van der Waals surface area contributed by atoms with Gasteiger partial charge in [0.25, 0.3) is 0 Å². The molecule has 1 aliphatic rings. The molecule has 0 radical (unpaired) electrons. The normalized spacial score (nSPS) is 14.1. The third-order valence-corrected chi connectivity index (χ3v) is 7.51. The van der Waals surface area contributed by atoms with E-state index in [2.05, 4.69) is 103 Å². The molecule has 216 valence electrons. The molecular formula is C37H33IrN4O. The van der Waals surface area contributed by atoms with Crippen LogP contribution in [0.25, 0.3) is 38.5 Å². The van der Waals surface area contributed by atoms with Gasteiger partial charge in [0, 0.05) is 17.3 Å². The topological polar surface area (TPSA) is 56.3 Å². The van der Waals surface area contributed by atoms with Gasteiger partial charge < -0.3 is 14.6 Å². The summed E-state index contributed by atoms with van der Waals surface area (Å²) in [5.74, 6) is 0.941. The summed E-state index contributed by atoms with van der Waals surface area (Å²) in [6.07, 6.45) is 7.24. The zero-order chi connectivity index (χ0) is 29.1. The SMILES string of the molecule is CC(C)c1cccc(C(C)C)c1N1C=C[N-]C1c1[c-]cccc1.[Ir+3].[c-]1ccc2c(oc3ccccc32)c1-c1ccncn1. The van der Waals surface area contributed by atoms with Crippen LogP contribution in [0, 0.1) is 12.1 Å². The first-order valence-corrected chi connectivity index (χ1v) is 14.4. The number of nitrogens with zero attached hydrogens (tertiary/aromatic N) is 4. The van der Waals surface area contributed by atoms with Gasteiger partial charge in [-0.05, 0) is 47.1 Å². The van der Waals surface area contributed by atoms with E-state index in [1.165, 1.54) is 23.1 Å². The first kappa shape index (κ1) is 30.2. The molecule has 4 aromatic carbocycles. The summed E-state index contributed by atoms with van der Waals surface area (Å²) in [4.78, 5) is 10.5. The van der Waals surface area contributed by atoms with Gasteiger partial charge in [-0.1, -0.05) is 81.1 Å². The van der Waals surface area contributed by atoms with Crippen LogP contribution in [0.15, 0.2) is 114 Å². The van der Waals surface area contributed by atoms with Crippen molar-refractivity contribution in [1.82, 2.24) is 9.97 Å². The average molecular weight is 742 g/mol. The van der Waals surface area contributed by atoms with Gasteiger partial charge in [-0.15, -0.1) is 18.2 Å². The summed E-state index contributed by atoms with van der Waals surface area (Å²) < 4.78 is 5.95. The van der Waals surface area contributed by atoms with Crippen molar-refractivity contribution in [2.45, 2.75) is 45.7 Å². The Morgan fingerprint density at radius 3 is 2.28 bits per heavy atom. The molecule has 0 saturated carbocycles. The van der Waals surface area contributed by atoms with Gasteiger partial charge in [0.05, 0.1) is 5.58 Å². The molecule has 0 saturated heterocycles. The van der Waals surface area contributed by atoms with E-state index in [9.17, 15) is 0 Å². The molecule has 0 aliphatic carbocycles. The van der Waals surface area contributed by atoms with Gasteiger partial charge >= 0.3 is 20.1 Å². The molecule has 1 atom stereocenters. The van der Waals surface area contributed by atoms with Crippen molar-refractivity contribution in [2.24, 2.45) is 0 Å². The average Bonchev–Trinajstić information content (AvgIpc) is 3.67. The third kappa shape index (κ3) is 6.13. The summed E-state index contributed by atoms with van der Waals surface area (Å²) in [5, 5.41) is 6.88. The van der Waals surface area contributed by atoms with Crippen molar-refractivity contribution in [1.29, 1.82) is 0 Å². The fourth-order valence-corrected chi connectivity index (χ4v) is 5.47. The van der Waals surface area contributed by atoms with Crippen LogP contribution >= 0.6 is 0 Å². The zero-order valence-electron chi connectivity index (χ0n) is 24.7. The van der Waals surface area contributed by atoms with Crippen LogP contribution in [-0.4, -0.2) is 9.97 Å². The van der Waals surface area contributed by atoms with Gasteiger partial charge in [0.15, 0.2) is 0 Å². The molecule has 5 nitrogen and oxygen atoms in total. The summed E-state index contributed by atoms with van der Waals surface area (Å²) in [5.41, 5.74) is 8.55. The van der Waals surface area contributed by atoms with E-state index in [1.54, 1.807) is 6.20 Å². The van der Waals surface area contributed by atoms with Crippen molar-refractivity contribution < 1.29 is 24.5 Å². The van der Waals surface area contributed by atoms with Crippen LogP contribution in [0.4, 0.5) is 5.69 Å². The maximum atomic E-state index is 5.95. The van der Waals surface area contributed by atoms with E-state index in [4.69, 9.17) is 4.42 Å². The number of furan rings is 1. The molecule has 1 unspecified atom stereocenters. The molecule has 6 aromatic rings. The maximum absolute atomic E-state index is 5.95. The molecule has 0 N–H and O–H groups in total. The first-order valence-electron chi connectivity index (χ1n) is 14.4. The molecular weight excluding hydrogens is 709 g/mol. The molecule has 43 heavy (non-hydrogen) atoms. The summed E-state index contributed by atoms with van der Waals surface area (Å²) >= 11 is 0. The second-order valence-electron chi connectivity index (χ2n) is 10.9. The van der Waals surface area contributed by atoms with E-state index in [0.29, 0.717) is 11.8 Å². The Kier molecular flexibility index (Phi) is 9.40. The molecule has 0 amide bonds. The van der Waals surface area contributed by atoms with Crippen LogP contribution in [0.2, 0.25) is 0 Å². The number of anilines is 1. The minimum atomic E-state index is -0.0198. The van der Waals surface area contributed by atoms with E-state index in [-0.39, 0.29) is 26.3 Å². The minimum absolute atomic E-state index is 0. The van der Waals surface area contributed by atoms with E-state index < -0.39 is 0 Å². The largest absolute Gasteiger partial charge is 3.00 e. The predicted octanol–water partition coefficient (Wildman–Crippen LogP) is 9.94. The second-order valence-corrected chi connectivity index (χ2v) is 10.9. The van der Waals surface area contributed by atoms with Crippen molar-refractivity contribution in [3.05, 3.63) is 144 Å². The minimum Gasteiger partial charge on any atom is -0.668 e. The third-order valence-electron chi connectivity index (χ3n) is 7.51. The number of benzene rings is 4. The number of fused-ring (bicyclic) bond motifs is 3. The van der Waals surface area contributed by atoms with Gasteiger partial charge in [-0.25, -0.2) is 4.98 Å². The van der Waals surface area contributed by atoms with E-state index >= 15 is 0 Å². The van der Waals surface area contributed by atoms with Crippen LogP contribution in [-0.2, 0) is 20.1 Å². The Bertz CT molecular complexity index is 1800. The fraction of sp³-hybridized carbons (Fsp3) is 0.189.